The maximum absolute atomic E-state index is 13.3. The number of aromatic nitrogens is 2. The molecule has 0 bridgehead atoms. The number of nitrogens with zero attached hydrogens (tertiary/aromatic N) is 2. The van der Waals surface area contributed by atoms with Crippen LogP contribution in [0.4, 0.5) is 5.69 Å². The highest BCUT2D eigenvalue weighted by molar-refractivity contribution is 6.08. The van der Waals surface area contributed by atoms with Gasteiger partial charge in [0, 0.05) is 30.6 Å². The second-order valence-corrected chi connectivity index (χ2v) is 7.63. The van der Waals surface area contributed by atoms with Gasteiger partial charge in [-0.15, -0.1) is 0 Å². The number of hydrogen-bond donors (Lipinski definition) is 1. The van der Waals surface area contributed by atoms with E-state index in [4.69, 9.17) is 19.3 Å². The number of anilines is 1. The first-order chi connectivity index (χ1) is 16.7. The van der Waals surface area contributed by atoms with Crippen LogP contribution < -0.4 is 14.8 Å². The Morgan fingerprint density at radius 3 is 2.50 bits per heavy atom. The number of benzene rings is 3. The highest BCUT2D eigenvalue weighted by Crippen LogP contribution is 2.27. The van der Waals surface area contributed by atoms with Crippen molar-refractivity contribution >= 4 is 11.6 Å². The summed E-state index contributed by atoms with van der Waals surface area (Å²) in [7, 11) is 3.24. The fraction of sp³-hybridized carbons (Fsp3) is 0.185. The SMILES string of the molecule is COCCOc1cccc(NC(=O)c2cn(Cc3ccccc3)nc2-c2cccc(OC)c2)c1. The monoisotopic (exact) mass is 457 g/mol. The van der Waals surface area contributed by atoms with E-state index in [-0.39, 0.29) is 5.91 Å². The Balaban J connectivity index is 1.62. The minimum atomic E-state index is -0.258. The third-order valence-corrected chi connectivity index (χ3v) is 5.18. The Hall–Kier alpha value is -4.10. The molecule has 4 aromatic rings. The lowest BCUT2D eigenvalue weighted by atomic mass is 10.1. The van der Waals surface area contributed by atoms with Crippen LogP contribution in [0.1, 0.15) is 15.9 Å². The first-order valence-corrected chi connectivity index (χ1v) is 10.9. The first-order valence-electron chi connectivity index (χ1n) is 10.9. The van der Waals surface area contributed by atoms with E-state index in [0.717, 1.165) is 11.1 Å². The Labute approximate surface area is 198 Å². The molecule has 7 nitrogen and oxygen atoms in total. The van der Waals surface area contributed by atoms with Crippen molar-refractivity contribution in [1.82, 2.24) is 9.78 Å². The lowest BCUT2D eigenvalue weighted by Crippen LogP contribution is -2.12. The highest BCUT2D eigenvalue weighted by atomic mass is 16.5. The average molecular weight is 458 g/mol. The summed E-state index contributed by atoms with van der Waals surface area (Å²) in [4.78, 5) is 13.3. The molecular formula is C27H27N3O4. The highest BCUT2D eigenvalue weighted by Gasteiger charge is 2.19. The van der Waals surface area contributed by atoms with Crippen LogP contribution in [0, 0.1) is 0 Å². The summed E-state index contributed by atoms with van der Waals surface area (Å²) in [6.45, 7) is 1.47. The Morgan fingerprint density at radius 2 is 1.71 bits per heavy atom. The molecule has 174 valence electrons. The quantitative estimate of drug-likeness (QED) is 0.344. The maximum Gasteiger partial charge on any atom is 0.259 e. The van der Waals surface area contributed by atoms with E-state index in [9.17, 15) is 4.79 Å². The average Bonchev–Trinajstić information content (AvgIpc) is 3.29. The molecule has 3 aromatic carbocycles. The van der Waals surface area contributed by atoms with Crippen LogP contribution in [0.5, 0.6) is 11.5 Å². The van der Waals surface area contributed by atoms with Gasteiger partial charge in [0.1, 0.15) is 23.8 Å². The van der Waals surface area contributed by atoms with Gasteiger partial charge < -0.3 is 19.5 Å². The summed E-state index contributed by atoms with van der Waals surface area (Å²) in [6, 6.07) is 24.8. The number of carbonyl (C=O) groups is 1. The smallest absolute Gasteiger partial charge is 0.259 e. The summed E-state index contributed by atoms with van der Waals surface area (Å²) in [5.74, 6) is 1.09. The van der Waals surface area contributed by atoms with Crippen LogP contribution in [0.25, 0.3) is 11.3 Å². The summed E-state index contributed by atoms with van der Waals surface area (Å²) in [5.41, 5.74) is 3.57. The van der Waals surface area contributed by atoms with E-state index in [2.05, 4.69) is 5.32 Å². The third-order valence-electron chi connectivity index (χ3n) is 5.18. The number of ether oxygens (including phenoxy) is 3. The topological polar surface area (TPSA) is 74.6 Å². The molecule has 0 radical (unpaired) electrons. The zero-order valence-corrected chi connectivity index (χ0v) is 19.2. The van der Waals surface area contributed by atoms with Crippen molar-refractivity contribution in [3.8, 4) is 22.8 Å². The normalized spacial score (nSPS) is 10.6. The molecule has 0 aliphatic heterocycles. The molecule has 0 spiro atoms. The molecule has 0 fully saturated rings. The predicted octanol–water partition coefficient (Wildman–Crippen LogP) is 4.88. The van der Waals surface area contributed by atoms with Crippen LogP contribution in [0.2, 0.25) is 0 Å². The van der Waals surface area contributed by atoms with Crippen molar-refractivity contribution in [1.29, 1.82) is 0 Å². The molecule has 34 heavy (non-hydrogen) atoms. The van der Waals surface area contributed by atoms with Gasteiger partial charge in [0.15, 0.2) is 0 Å². The molecule has 7 heteroatoms. The van der Waals surface area contributed by atoms with E-state index in [0.29, 0.717) is 48.2 Å². The fourth-order valence-electron chi connectivity index (χ4n) is 3.53. The number of nitrogens with one attached hydrogen (secondary N) is 1. The van der Waals surface area contributed by atoms with Crippen LogP contribution in [-0.4, -0.2) is 43.1 Å². The van der Waals surface area contributed by atoms with Crippen LogP contribution in [-0.2, 0) is 11.3 Å². The van der Waals surface area contributed by atoms with Crippen molar-refractivity contribution in [2.45, 2.75) is 6.54 Å². The Morgan fingerprint density at radius 1 is 0.912 bits per heavy atom. The van der Waals surface area contributed by atoms with Crippen molar-refractivity contribution in [2.75, 3.05) is 32.8 Å². The van der Waals surface area contributed by atoms with E-state index >= 15 is 0 Å². The molecule has 4 rings (SSSR count). The predicted molar refractivity (Wildman–Crippen MR) is 132 cm³/mol. The van der Waals surface area contributed by atoms with Crippen LogP contribution in [0.15, 0.2) is 85.1 Å². The second kappa shape index (κ2) is 11.2. The summed E-state index contributed by atoms with van der Waals surface area (Å²) in [5, 5.41) is 7.71. The van der Waals surface area contributed by atoms with Crippen molar-refractivity contribution < 1.29 is 19.0 Å². The Kier molecular flexibility index (Phi) is 7.57. The van der Waals surface area contributed by atoms with Gasteiger partial charge in [-0.3, -0.25) is 9.48 Å². The molecule has 1 heterocycles. The minimum absolute atomic E-state index is 0.258. The standard InChI is InChI=1S/C27H27N3O4/c1-32-14-15-34-24-13-7-11-22(17-24)28-27(31)25-19-30(18-20-8-4-3-5-9-20)29-26(25)21-10-6-12-23(16-21)33-2/h3-13,16-17,19H,14-15,18H2,1-2H3,(H,28,31). The third kappa shape index (κ3) is 5.82. The fourth-order valence-corrected chi connectivity index (χ4v) is 3.53. The summed E-state index contributed by atoms with van der Waals surface area (Å²) < 4.78 is 17.8. The summed E-state index contributed by atoms with van der Waals surface area (Å²) >= 11 is 0. The molecule has 0 aliphatic carbocycles. The molecule has 1 amide bonds. The second-order valence-electron chi connectivity index (χ2n) is 7.63. The van der Waals surface area contributed by atoms with Gasteiger partial charge in [0.05, 0.1) is 25.8 Å². The van der Waals surface area contributed by atoms with Gasteiger partial charge in [-0.25, -0.2) is 0 Å². The molecule has 0 atom stereocenters. The molecule has 1 N–H and O–H groups in total. The molecule has 0 saturated carbocycles. The number of amides is 1. The van der Waals surface area contributed by atoms with Gasteiger partial charge in [-0.1, -0.05) is 48.5 Å². The maximum atomic E-state index is 13.3. The van der Waals surface area contributed by atoms with Gasteiger partial charge in [0.2, 0.25) is 0 Å². The molecule has 0 saturated heterocycles. The van der Waals surface area contributed by atoms with Gasteiger partial charge >= 0.3 is 0 Å². The number of methoxy groups -OCH3 is 2. The minimum Gasteiger partial charge on any atom is -0.497 e. The van der Waals surface area contributed by atoms with Gasteiger partial charge in [-0.05, 0) is 29.8 Å². The molecule has 1 aromatic heterocycles. The Bertz CT molecular complexity index is 1240. The molecular weight excluding hydrogens is 430 g/mol. The van der Waals surface area contributed by atoms with E-state index in [1.54, 1.807) is 31.2 Å². The van der Waals surface area contributed by atoms with E-state index < -0.39 is 0 Å². The van der Waals surface area contributed by atoms with E-state index in [1.165, 1.54) is 0 Å². The van der Waals surface area contributed by atoms with Crippen LogP contribution >= 0.6 is 0 Å². The zero-order chi connectivity index (χ0) is 23.8. The van der Waals surface area contributed by atoms with Crippen LogP contribution in [0.3, 0.4) is 0 Å². The number of hydrogen-bond acceptors (Lipinski definition) is 5. The van der Waals surface area contributed by atoms with Crippen molar-refractivity contribution in [3.63, 3.8) is 0 Å². The number of carbonyl (C=O) groups excluding carboxylic acids is 1. The molecule has 0 unspecified atom stereocenters. The zero-order valence-electron chi connectivity index (χ0n) is 19.2. The summed E-state index contributed by atoms with van der Waals surface area (Å²) in [6.07, 6.45) is 1.77. The van der Waals surface area contributed by atoms with Gasteiger partial charge in [0.25, 0.3) is 5.91 Å². The van der Waals surface area contributed by atoms with Crippen molar-refractivity contribution in [2.24, 2.45) is 0 Å². The van der Waals surface area contributed by atoms with E-state index in [1.807, 2.05) is 72.8 Å². The first kappa shape index (κ1) is 23.1. The van der Waals surface area contributed by atoms with Gasteiger partial charge in [-0.2, -0.15) is 5.10 Å². The number of rotatable bonds is 10. The molecule has 0 aliphatic rings. The lowest BCUT2D eigenvalue weighted by molar-refractivity contribution is 0.102. The van der Waals surface area contributed by atoms with Crippen molar-refractivity contribution in [3.05, 3.63) is 96.2 Å². The largest absolute Gasteiger partial charge is 0.497 e. The lowest BCUT2D eigenvalue weighted by Gasteiger charge is -2.09.